The molecule has 42 heavy (non-hydrogen) atoms. The van der Waals surface area contributed by atoms with Gasteiger partial charge in [0, 0.05) is 24.6 Å². The van der Waals surface area contributed by atoms with E-state index < -0.39 is 24.0 Å². The number of halogens is 1. The van der Waals surface area contributed by atoms with Crippen LogP contribution < -0.4 is 10.6 Å². The number of carboxylic acid groups (broad SMARTS) is 1. The smallest absolute Gasteiger partial charge is 0.411 e. The molecule has 0 bridgehead atoms. The lowest BCUT2D eigenvalue weighted by molar-refractivity contribution is -0.139. The van der Waals surface area contributed by atoms with Gasteiger partial charge in [0.25, 0.3) is 5.91 Å². The minimum Gasteiger partial charge on any atom is -0.480 e. The molecule has 3 N–H and O–H groups in total. The summed E-state index contributed by atoms with van der Waals surface area (Å²) in [6, 6.07) is 28.9. The lowest BCUT2D eigenvalue weighted by Gasteiger charge is -2.22. The summed E-state index contributed by atoms with van der Waals surface area (Å²) in [6.07, 6.45) is -0.677. The zero-order valence-electron chi connectivity index (χ0n) is 22.9. The van der Waals surface area contributed by atoms with Crippen molar-refractivity contribution in [3.05, 3.63) is 124 Å². The molecular formula is C33H30ClN3O5. The van der Waals surface area contributed by atoms with Crippen molar-refractivity contribution in [2.45, 2.75) is 18.5 Å². The van der Waals surface area contributed by atoms with Crippen LogP contribution in [0.3, 0.4) is 0 Å². The van der Waals surface area contributed by atoms with Crippen molar-refractivity contribution in [2.24, 2.45) is 0 Å². The second kappa shape index (κ2) is 12.9. The zero-order valence-corrected chi connectivity index (χ0v) is 23.7. The molecule has 1 atom stereocenters. The van der Waals surface area contributed by atoms with Gasteiger partial charge in [0.15, 0.2) is 0 Å². The van der Waals surface area contributed by atoms with E-state index in [0.717, 1.165) is 27.8 Å². The SMILES string of the molecule is CN(Cc1ccccc1)CC(NC(=O)c1ccc(NC(=O)OCC2c3ccccc3-c3ccccc32)c(Cl)c1)C(=O)O. The second-order valence-corrected chi connectivity index (χ2v) is 10.6. The summed E-state index contributed by atoms with van der Waals surface area (Å²) in [5.74, 6) is -1.83. The maximum atomic E-state index is 12.9. The van der Waals surface area contributed by atoms with Crippen LogP contribution in [-0.4, -0.2) is 54.2 Å². The lowest BCUT2D eigenvalue weighted by Crippen LogP contribution is -2.47. The van der Waals surface area contributed by atoms with Crippen LogP contribution >= 0.6 is 11.6 Å². The van der Waals surface area contributed by atoms with Crippen LogP contribution in [0, 0.1) is 0 Å². The van der Waals surface area contributed by atoms with E-state index >= 15 is 0 Å². The van der Waals surface area contributed by atoms with Crippen molar-refractivity contribution in [3.8, 4) is 11.1 Å². The number of rotatable bonds is 10. The molecule has 0 aliphatic heterocycles. The Hall–Kier alpha value is -4.66. The number of carbonyl (C=O) groups is 3. The Morgan fingerprint density at radius 3 is 2.14 bits per heavy atom. The molecule has 8 nitrogen and oxygen atoms in total. The molecule has 0 spiro atoms. The Bertz CT molecular complexity index is 1570. The molecule has 0 fully saturated rings. The number of carbonyl (C=O) groups excluding carboxylic acids is 2. The molecule has 214 valence electrons. The Labute approximate surface area is 248 Å². The molecule has 9 heteroatoms. The molecule has 0 saturated heterocycles. The highest BCUT2D eigenvalue weighted by Crippen LogP contribution is 2.44. The number of nitrogens with zero attached hydrogens (tertiary/aromatic N) is 1. The highest BCUT2D eigenvalue weighted by molar-refractivity contribution is 6.34. The molecule has 1 aliphatic carbocycles. The number of anilines is 1. The highest BCUT2D eigenvalue weighted by Gasteiger charge is 2.29. The van der Waals surface area contributed by atoms with Crippen LogP contribution in [0.25, 0.3) is 11.1 Å². The van der Waals surface area contributed by atoms with E-state index in [0.29, 0.717) is 6.54 Å². The molecule has 5 rings (SSSR count). The maximum absolute atomic E-state index is 12.9. The summed E-state index contributed by atoms with van der Waals surface area (Å²) in [7, 11) is 1.79. The molecule has 2 amide bonds. The van der Waals surface area contributed by atoms with Crippen molar-refractivity contribution in [1.82, 2.24) is 10.2 Å². The number of ether oxygens (including phenoxy) is 1. The Kier molecular flexibility index (Phi) is 8.85. The molecule has 0 aromatic heterocycles. The first-order chi connectivity index (χ1) is 20.3. The highest BCUT2D eigenvalue weighted by atomic mass is 35.5. The van der Waals surface area contributed by atoms with Crippen molar-refractivity contribution >= 4 is 35.3 Å². The average Bonchev–Trinajstić information content (AvgIpc) is 3.30. The van der Waals surface area contributed by atoms with Gasteiger partial charge in [-0.15, -0.1) is 0 Å². The van der Waals surface area contributed by atoms with E-state index in [9.17, 15) is 19.5 Å². The first kappa shape index (κ1) is 28.9. The van der Waals surface area contributed by atoms with Gasteiger partial charge in [-0.25, -0.2) is 9.59 Å². The summed E-state index contributed by atoms with van der Waals surface area (Å²) in [4.78, 5) is 39.2. The molecule has 0 radical (unpaired) electrons. The zero-order chi connectivity index (χ0) is 29.6. The van der Waals surface area contributed by atoms with E-state index in [4.69, 9.17) is 16.3 Å². The van der Waals surface area contributed by atoms with Crippen LogP contribution in [0.1, 0.15) is 33.0 Å². The van der Waals surface area contributed by atoms with E-state index in [1.54, 1.807) is 7.05 Å². The van der Waals surface area contributed by atoms with E-state index in [1.807, 2.05) is 71.6 Å². The third-order valence-electron chi connectivity index (χ3n) is 7.20. The summed E-state index contributed by atoms with van der Waals surface area (Å²) in [5, 5.41) is 15.0. The minimum atomic E-state index is -1.15. The van der Waals surface area contributed by atoms with Gasteiger partial charge in [-0.1, -0.05) is 90.5 Å². The number of aliphatic carboxylic acids is 1. The van der Waals surface area contributed by atoms with Crippen molar-refractivity contribution < 1.29 is 24.2 Å². The first-order valence-electron chi connectivity index (χ1n) is 13.5. The number of likely N-dealkylation sites (N-methyl/N-ethyl adjacent to an activating group) is 1. The number of fused-ring (bicyclic) bond motifs is 3. The fourth-order valence-corrected chi connectivity index (χ4v) is 5.43. The topological polar surface area (TPSA) is 108 Å². The van der Waals surface area contributed by atoms with Crippen molar-refractivity contribution in [3.63, 3.8) is 0 Å². The fourth-order valence-electron chi connectivity index (χ4n) is 5.20. The summed E-state index contributed by atoms with van der Waals surface area (Å²) >= 11 is 6.38. The second-order valence-electron chi connectivity index (χ2n) is 10.2. The van der Waals surface area contributed by atoms with Gasteiger partial charge in [0.05, 0.1) is 10.7 Å². The van der Waals surface area contributed by atoms with Crippen LogP contribution in [0.4, 0.5) is 10.5 Å². The van der Waals surface area contributed by atoms with Crippen LogP contribution in [0.5, 0.6) is 0 Å². The quantitative estimate of drug-likeness (QED) is 0.211. The Balaban J connectivity index is 1.17. The van der Waals surface area contributed by atoms with Gasteiger partial charge in [0.2, 0.25) is 0 Å². The van der Waals surface area contributed by atoms with E-state index in [2.05, 4.69) is 22.8 Å². The standard InChI is InChI=1S/C33H30ClN3O5/c1-37(18-21-9-3-2-4-10-21)19-30(32(39)40)35-31(38)22-15-16-29(28(34)17-22)36-33(41)42-20-27-25-13-7-5-11-23(25)24-12-6-8-14-26(24)27/h2-17,27,30H,18-20H2,1H3,(H,35,38)(H,36,41)(H,39,40). The summed E-state index contributed by atoms with van der Waals surface area (Å²) < 4.78 is 5.58. The number of hydrogen-bond acceptors (Lipinski definition) is 5. The van der Waals surface area contributed by atoms with Crippen molar-refractivity contribution in [1.29, 1.82) is 0 Å². The average molecular weight is 584 g/mol. The molecule has 4 aromatic carbocycles. The number of benzene rings is 4. The maximum Gasteiger partial charge on any atom is 0.411 e. The van der Waals surface area contributed by atoms with Gasteiger partial charge in [0.1, 0.15) is 12.6 Å². The monoisotopic (exact) mass is 583 g/mol. The Morgan fingerprint density at radius 2 is 1.52 bits per heavy atom. The number of amides is 2. The van der Waals surface area contributed by atoms with Gasteiger partial charge in [-0.2, -0.15) is 0 Å². The minimum absolute atomic E-state index is 0.0846. The lowest BCUT2D eigenvalue weighted by atomic mass is 9.98. The fraction of sp³-hybridized carbons (Fsp3) is 0.182. The molecule has 0 saturated carbocycles. The largest absolute Gasteiger partial charge is 0.480 e. The molecule has 4 aromatic rings. The molecule has 1 unspecified atom stereocenters. The number of nitrogens with one attached hydrogen (secondary N) is 2. The van der Waals surface area contributed by atoms with Gasteiger partial charge >= 0.3 is 12.1 Å². The van der Waals surface area contributed by atoms with Gasteiger partial charge < -0.3 is 15.2 Å². The summed E-state index contributed by atoms with van der Waals surface area (Å²) in [6.45, 7) is 0.779. The van der Waals surface area contributed by atoms with Crippen LogP contribution in [-0.2, 0) is 16.1 Å². The predicted molar refractivity (Wildman–Crippen MR) is 162 cm³/mol. The molecule has 1 aliphatic rings. The van der Waals surface area contributed by atoms with Crippen LogP contribution in [0.15, 0.2) is 97.1 Å². The predicted octanol–water partition coefficient (Wildman–Crippen LogP) is 6.02. The normalized spacial score (nSPS) is 12.7. The number of hydrogen-bond donors (Lipinski definition) is 3. The van der Waals surface area contributed by atoms with Crippen molar-refractivity contribution in [2.75, 3.05) is 25.5 Å². The van der Waals surface area contributed by atoms with E-state index in [1.165, 1.54) is 18.2 Å². The van der Waals surface area contributed by atoms with Gasteiger partial charge in [-0.05, 0) is 53.1 Å². The summed E-state index contributed by atoms with van der Waals surface area (Å²) in [5.41, 5.74) is 5.93. The molecule has 0 heterocycles. The van der Waals surface area contributed by atoms with Gasteiger partial charge in [-0.3, -0.25) is 15.0 Å². The first-order valence-corrected chi connectivity index (χ1v) is 13.9. The third-order valence-corrected chi connectivity index (χ3v) is 7.52. The van der Waals surface area contributed by atoms with Crippen LogP contribution in [0.2, 0.25) is 5.02 Å². The van der Waals surface area contributed by atoms with E-state index in [-0.39, 0.29) is 35.3 Å². The third kappa shape index (κ3) is 6.62. The molecular weight excluding hydrogens is 554 g/mol. The Morgan fingerprint density at radius 1 is 0.905 bits per heavy atom. The number of carboxylic acids is 1.